The van der Waals surface area contributed by atoms with Crippen molar-refractivity contribution < 1.29 is 17.9 Å². The van der Waals surface area contributed by atoms with E-state index in [2.05, 4.69) is 29.2 Å². The minimum atomic E-state index is -3.62. The molecule has 2 heterocycles. The molecule has 2 saturated heterocycles. The van der Waals surface area contributed by atoms with Gasteiger partial charge in [0.2, 0.25) is 10.0 Å². The van der Waals surface area contributed by atoms with Crippen molar-refractivity contribution in [1.82, 2.24) is 9.21 Å². The van der Waals surface area contributed by atoms with Crippen LogP contribution in [-0.2, 0) is 16.4 Å². The van der Waals surface area contributed by atoms with Crippen LogP contribution in [0.3, 0.4) is 0 Å². The monoisotopic (exact) mass is 533 g/mol. The normalized spacial score (nSPS) is 17.4. The first-order valence-electron chi connectivity index (χ1n) is 13.3. The largest absolute Gasteiger partial charge is 0.495 e. The number of ether oxygens (including phenoxy) is 1. The summed E-state index contributed by atoms with van der Waals surface area (Å²) >= 11 is 0. The van der Waals surface area contributed by atoms with Crippen molar-refractivity contribution in [2.45, 2.75) is 24.2 Å². The third-order valence-electron chi connectivity index (χ3n) is 7.66. The molecule has 0 N–H and O–H groups in total. The maximum absolute atomic E-state index is 13.6. The van der Waals surface area contributed by atoms with Gasteiger partial charge in [0.1, 0.15) is 5.75 Å². The predicted octanol–water partition coefficient (Wildman–Crippen LogP) is 4.30. The summed E-state index contributed by atoms with van der Waals surface area (Å²) in [6, 6.07) is 24.8. The molecule has 0 atom stereocenters. The molecule has 3 aromatic rings. The summed E-state index contributed by atoms with van der Waals surface area (Å²) in [6.07, 6.45) is 2.70. The number of rotatable bonds is 7. The molecule has 0 unspecified atom stereocenters. The highest BCUT2D eigenvalue weighted by Gasteiger charge is 2.31. The predicted molar refractivity (Wildman–Crippen MR) is 149 cm³/mol. The van der Waals surface area contributed by atoms with Crippen LogP contribution >= 0.6 is 0 Å². The molecule has 8 heteroatoms. The molecule has 38 heavy (non-hydrogen) atoms. The summed E-state index contributed by atoms with van der Waals surface area (Å²) in [5, 5.41) is 0. The van der Waals surface area contributed by atoms with Gasteiger partial charge >= 0.3 is 0 Å². The molecule has 2 aliphatic heterocycles. The minimum absolute atomic E-state index is 0.0178. The van der Waals surface area contributed by atoms with Crippen LogP contribution in [0.4, 0.5) is 5.69 Å². The van der Waals surface area contributed by atoms with Crippen molar-refractivity contribution in [2.24, 2.45) is 5.92 Å². The van der Waals surface area contributed by atoms with E-state index in [0.29, 0.717) is 56.5 Å². The molecule has 0 aliphatic carbocycles. The molecule has 2 fully saturated rings. The van der Waals surface area contributed by atoms with Crippen LogP contribution in [0.2, 0.25) is 0 Å². The topological polar surface area (TPSA) is 70.2 Å². The fraction of sp³-hybridized carbons (Fsp3) is 0.367. The molecule has 0 spiro atoms. The van der Waals surface area contributed by atoms with Crippen LogP contribution in [0, 0.1) is 5.92 Å². The summed E-state index contributed by atoms with van der Waals surface area (Å²) in [5.74, 6) is 1.14. The zero-order chi connectivity index (χ0) is 26.5. The van der Waals surface area contributed by atoms with E-state index in [1.54, 1.807) is 29.6 Å². The van der Waals surface area contributed by atoms with Crippen molar-refractivity contribution in [1.29, 1.82) is 0 Å². The summed E-state index contributed by atoms with van der Waals surface area (Å²) in [4.78, 5) is 17.1. The first-order valence-corrected chi connectivity index (χ1v) is 14.7. The van der Waals surface area contributed by atoms with Gasteiger partial charge < -0.3 is 14.5 Å². The van der Waals surface area contributed by atoms with Crippen molar-refractivity contribution in [2.75, 3.05) is 51.3 Å². The summed E-state index contributed by atoms with van der Waals surface area (Å²) in [7, 11) is -2.02. The molecule has 200 valence electrons. The van der Waals surface area contributed by atoms with Gasteiger partial charge in [0, 0.05) is 44.8 Å². The Bertz CT molecular complexity index is 1330. The van der Waals surface area contributed by atoms with Gasteiger partial charge in [-0.1, -0.05) is 48.5 Å². The Labute approximate surface area is 225 Å². The third-order valence-corrected chi connectivity index (χ3v) is 9.55. The summed E-state index contributed by atoms with van der Waals surface area (Å²) < 4.78 is 34.4. The number of hydrogen-bond donors (Lipinski definition) is 0. The molecule has 2 aliphatic rings. The molecule has 3 aromatic carbocycles. The second kappa shape index (κ2) is 11.6. The highest BCUT2D eigenvalue weighted by atomic mass is 32.2. The number of sulfonamides is 1. The molecule has 0 aromatic heterocycles. The molecular formula is C30H35N3O4S. The lowest BCUT2D eigenvalue weighted by Gasteiger charge is -2.37. The minimum Gasteiger partial charge on any atom is -0.495 e. The maximum atomic E-state index is 13.6. The Hall–Kier alpha value is -3.36. The second-order valence-electron chi connectivity index (χ2n) is 10.0. The van der Waals surface area contributed by atoms with Crippen molar-refractivity contribution >= 4 is 21.6 Å². The number of piperidine rings is 1. The molecule has 5 rings (SSSR count). The Morgan fingerprint density at radius 2 is 1.47 bits per heavy atom. The lowest BCUT2D eigenvalue weighted by Crippen LogP contribution is -2.49. The third kappa shape index (κ3) is 5.71. The lowest BCUT2D eigenvalue weighted by atomic mass is 9.91. The van der Waals surface area contributed by atoms with Crippen molar-refractivity contribution in [3.8, 4) is 5.75 Å². The van der Waals surface area contributed by atoms with E-state index >= 15 is 0 Å². The number of hydrogen-bond acceptors (Lipinski definition) is 5. The number of carbonyl (C=O) groups is 1. The average Bonchev–Trinajstić information content (AvgIpc) is 2.98. The SMILES string of the molecule is COc1ccc(S(=O)(=O)N2CCC(Cc3ccccc3)CC2)cc1N1CCN(C(=O)c2ccccc2)CC1. The van der Waals surface area contributed by atoms with Crippen LogP contribution in [-0.4, -0.2) is 69.9 Å². The first-order chi connectivity index (χ1) is 18.5. The van der Waals surface area contributed by atoms with Crippen LogP contribution in [0.15, 0.2) is 83.8 Å². The number of nitrogens with zero attached hydrogens (tertiary/aromatic N) is 3. The number of anilines is 1. The van der Waals surface area contributed by atoms with E-state index in [0.717, 1.165) is 24.9 Å². The van der Waals surface area contributed by atoms with E-state index in [9.17, 15) is 13.2 Å². The van der Waals surface area contributed by atoms with Gasteiger partial charge in [-0.25, -0.2) is 8.42 Å². The van der Waals surface area contributed by atoms with E-state index < -0.39 is 10.0 Å². The molecule has 0 saturated carbocycles. The van der Waals surface area contributed by atoms with Gasteiger partial charge in [0.25, 0.3) is 5.91 Å². The van der Waals surface area contributed by atoms with Gasteiger partial charge in [-0.3, -0.25) is 4.79 Å². The highest BCUT2D eigenvalue weighted by molar-refractivity contribution is 7.89. The number of methoxy groups -OCH3 is 1. The molecule has 0 bridgehead atoms. The number of amides is 1. The smallest absolute Gasteiger partial charge is 0.253 e. The van der Waals surface area contributed by atoms with E-state index in [-0.39, 0.29) is 10.8 Å². The Morgan fingerprint density at radius 3 is 2.11 bits per heavy atom. The highest BCUT2D eigenvalue weighted by Crippen LogP contribution is 2.34. The Balaban J connectivity index is 1.25. The summed E-state index contributed by atoms with van der Waals surface area (Å²) in [5.41, 5.74) is 2.73. The van der Waals surface area contributed by atoms with Gasteiger partial charge in [-0.05, 0) is 61.1 Å². The van der Waals surface area contributed by atoms with Gasteiger partial charge in [0.15, 0.2) is 0 Å². The zero-order valence-electron chi connectivity index (χ0n) is 21.8. The van der Waals surface area contributed by atoms with E-state index in [1.165, 1.54) is 5.56 Å². The van der Waals surface area contributed by atoms with Crippen molar-refractivity contribution in [3.05, 3.63) is 90.0 Å². The summed E-state index contributed by atoms with van der Waals surface area (Å²) in [6.45, 7) is 3.38. The number of carbonyl (C=O) groups excluding carboxylic acids is 1. The van der Waals surface area contributed by atoms with Crippen molar-refractivity contribution in [3.63, 3.8) is 0 Å². The zero-order valence-corrected chi connectivity index (χ0v) is 22.6. The van der Waals surface area contributed by atoms with E-state index in [1.807, 2.05) is 41.3 Å². The van der Waals surface area contributed by atoms with Crippen LogP contribution in [0.1, 0.15) is 28.8 Å². The number of piperazine rings is 1. The van der Waals surface area contributed by atoms with Gasteiger partial charge in [-0.15, -0.1) is 0 Å². The fourth-order valence-electron chi connectivity index (χ4n) is 5.44. The van der Waals surface area contributed by atoms with E-state index in [4.69, 9.17) is 4.74 Å². The molecule has 0 radical (unpaired) electrons. The van der Waals surface area contributed by atoms with Crippen LogP contribution < -0.4 is 9.64 Å². The molecule has 1 amide bonds. The molecule has 7 nitrogen and oxygen atoms in total. The fourth-order valence-corrected chi connectivity index (χ4v) is 6.93. The molecular weight excluding hydrogens is 498 g/mol. The average molecular weight is 534 g/mol. The van der Waals surface area contributed by atoms with Crippen LogP contribution in [0.25, 0.3) is 0 Å². The maximum Gasteiger partial charge on any atom is 0.253 e. The van der Waals surface area contributed by atoms with Gasteiger partial charge in [0.05, 0.1) is 17.7 Å². The van der Waals surface area contributed by atoms with Crippen LogP contribution in [0.5, 0.6) is 5.75 Å². The quantitative estimate of drug-likeness (QED) is 0.453. The lowest BCUT2D eigenvalue weighted by molar-refractivity contribution is 0.0746. The Morgan fingerprint density at radius 1 is 0.842 bits per heavy atom. The first kappa shape index (κ1) is 26.3. The Kier molecular flexibility index (Phi) is 8.00. The number of benzene rings is 3. The second-order valence-corrected chi connectivity index (χ2v) is 12.0. The standard InChI is InChI=1S/C30H35N3O4S/c1-37-29-13-12-27(38(35,36)33-16-14-25(15-17-33)22-24-8-4-2-5-9-24)23-28(29)31-18-20-32(21-19-31)30(34)26-10-6-3-7-11-26/h2-13,23,25H,14-22H2,1H3. The van der Waals surface area contributed by atoms with Gasteiger partial charge in [-0.2, -0.15) is 4.31 Å².